The lowest BCUT2D eigenvalue weighted by Gasteiger charge is -2.31. The van der Waals surface area contributed by atoms with E-state index in [-0.39, 0.29) is 13.4 Å². The van der Waals surface area contributed by atoms with Gasteiger partial charge in [0, 0.05) is 0 Å². The molecule has 0 bridgehead atoms. The first-order valence-electron chi connectivity index (χ1n) is 23.0. The van der Waals surface area contributed by atoms with Gasteiger partial charge in [0.05, 0.1) is 5.41 Å². The molecule has 2 heteroatoms. The molecule has 0 aliphatic heterocycles. The van der Waals surface area contributed by atoms with Crippen LogP contribution in [0.25, 0.3) is 22.3 Å². The minimum Gasteiger partial charge on any atom is -0.0680 e. The van der Waals surface area contributed by atoms with Gasteiger partial charge in [0.15, 0.2) is 0 Å². The van der Waals surface area contributed by atoms with Crippen LogP contribution in [0.1, 0.15) is 89.0 Å². The van der Waals surface area contributed by atoms with Crippen molar-refractivity contribution in [2.45, 2.75) is 88.5 Å². The van der Waals surface area contributed by atoms with Gasteiger partial charge in [0.25, 0.3) is 0 Å². The van der Waals surface area contributed by atoms with Crippen molar-refractivity contribution in [2.75, 3.05) is 0 Å². The van der Waals surface area contributed by atoms with Crippen molar-refractivity contribution < 1.29 is 0 Å². The van der Waals surface area contributed by atoms with Crippen LogP contribution in [-0.4, -0.2) is 13.4 Å². The predicted octanol–water partition coefficient (Wildman–Crippen LogP) is 10.8. The zero-order chi connectivity index (χ0) is 44.2. The summed E-state index contributed by atoms with van der Waals surface area (Å²) in [5, 5.41) is 0. The van der Waals surface area contributed by atoms with Crippen LogP contribution in [0.5, 0.6) is 0 Å². The number of aryl methyl sites for hydroxylation is 12. The Balaban J connectivity index is 1.31. The van der Waals surface area contributed by atoms with Crippen LogP contribution in [0.4, 0.5) is 0 Å². The molecule has 0 N–H and O–H groups in total. The van der Waals surface area contributed by atoms with Gasteiger partial charge in [-0.05, 0) is 128 Å². The van der Waals surface area contributed by atoms with Crippen molar-refractivity contribution in [1.29, 1.82) is 0 Å². The molecule has 0 saturated carbocycles. The monoisotopic (exact) mass is 812 g/mol. The molecule has 8 aromatic rings. The molecule has 0 amide bonds. The fraction of sp³-hybridized carbons (Fsp3) is 0.213. The molecule has 63 heavy (non-hydrogen) atoms. The van der Waals surface area contributed by atoms with Gasteiger partial charge in [0.2, 0.25) is 13.4 Å². The summed E-state index contributed by atoms with van der Waals surface area (Å²) in [6.07, 6.45) is 0. The summed E-state index contributed by atoms with van der Waals surface area (Å²) in [4.78, 5) is 0. The Morgan fingerprint density at radius 3 is 0.810 bits per heavy atom. The molecule has 0 radical (unpaired) electrons. The standard InChI is InChI=1S/C61H58B2/c1-35-25-39(5)57(40(6)26-35)62(58-41(7)27-36(2)28-42(58)8)47-21-23-55-51(33-47)52-34-48(22-24-56(52)61(55)53-19-15-13-17-49(53)50-18-14-16-20-54(50)61)63(59-43(9)29-37(3)30-44(59)10)60-45(11)31-38(4)32-46(60)12/h13-34H,1-12H3. The fourth-order valence-electron chi connectivity index (χ4n) is 13.1. The smallest absolute Gasteiger partial charge is 0.0680 e. The van der Waals surface area contributed by atoms with E-state index in [0.29, 0.717) is 0 Å². The molecular formula is C61H58B2. The van der Waals surface area contributed by atoms with Crippen molar-refractivity contribution in [3.8, 4) is 22.3 Å². The van der Waals surface area contributed by atoms with E-state index < -0.39 is 5.41 Å². The van der Waals surface area contributed by atoms with Crippen LogP contribution >= 0.6 is 0 Å². The predicted molar refractivity (Wildman–Crippen MR) is 275 cm³/mol. The first-order chi connectivity index (χ1) is 30.2. The van der Waals surface area contributed by atoms with Crippen molar-refractivity contribution in [2.24, 2.45) is 0 Å². The molecule has 0 saturated heterocycles. The van der Waals surface area contributed by atoms with Gasteiger partial charge < -0.3 is 0 Å². The SMILES string of the molecule is Cc1cc(C)c(B(c2ccc3c(c2)-c2cc(B(c4c(C)cc(C)cc4C)c4c(C)cc(C)cc4C)ccc2C32c3ccccc3-c3ccccc32)c2c(C)cc(C)cc2C)c(C)c1. The molecule has 1 spiro atoms. The Bertz CT molecular complexity index is 2790. The van der Waals surface area contributed by atoms with Crippen LogP contribution in [0, 0.1) is 83.1 Å². The summed E-state index contributed by atoms with van der Waals surface area (Å²) in [7, 11) is 0. The first-order valence-corrected chi connectivity index (χ1v) is 23.0. The number of hydrogen-bond donors (Lipinski definition) is 0. The maximum atomic E-state index is 2.61. The van der Waals surface area contributed by atoms with E-state index in [2.05, 4.69) is 217 Å². The van der Waals surface area contributed by atoms with Gasteiger partial charge in [0.1, 0.15) is 0 Å². The van der Waals surface area contributed by atoms with Crippen molar-refractivity contribution >= 4 is 46.2 Å². The Kier molecular flexibility index (Phi) is 9.76. The van der Waals surface area contributed by atoms with E-state index in [1.165, 1.54) is 144 Å². The molecule has 10 rings (SSSR count). The van der Waals surface area contributed by atoms with E-state index in [1.807, 2.05) is 0 Å². The highest BCUT2D eigenvalue weighted by Crippen LogP contribution is 2.62. The molecule has 0 unspecified atom stereocenters. The lowest BCUT2D eigenvalue weighted by molar-refractivity contribution is 0.794. The second kappa shape index (κ2) is 15.0. The molecule has 0 heterocycles. The zero-order valence-corrected chi connectivity index (χ0v) is 39.4. The summed E-state index contributed by atoms with van der Waals surface area (Å²) in [5.41, 5.74) is 34.9. The molecule has 0 atom stereocenters. The summed E-state index contributed by atoms with van der Waals surface area (Å²) in [6, 6.07) is 52.7. The third-order valence-electron chi connectivity index (χ3n) is 14.9. The van der Waals surface area contributed by atoms with Crippen molar-refractivity contribution in [3.63, 3.8) is 0 Å². The average Bonchev–Trinajstić information content (AvgIpc) is 3.67. The molecule has 8 aromatic carbocycles. The third-order valence-corrected chi connectivity index (χ3v) is 14.9. The molecule has 0 nitrogen and oxygen atoms in total. The molecule has 2 aliphatic carbocycles. The normalized spacial score (nSPS) is 12.9. The van der Waals surface area contributed by atoms with Crippen LogP contribution in [0.3, 0.4) is 0 Å². The quantitative estimate of drug-likeness (QED) is 0.147. The molecule has 2 aliphatic rings. The van der Waals surface area contributed by atoms with E-state index in [1.54, 1.807) is 0 Å². The van der Waals surface area contributed by atoms with Gasteiger partial charge >= 0.3 is 0 Å². The summed E-state index contributed by atoms with van der Waals surface area (Å²) in [5.74, 6) is 0. The van der Waals surface area contributed by atoms with Crippen molar-refractivity contribution in [3.05, 3.63) is 222 Å². The van der Waals surface area contributed by atoms with Crippen LogP contribution in [0.2, 0.25) is 0 Å². The van der Waals surface area contributed by atoms with Gasteiger partial charge in [-0.3, -0.25) is 0 Å². The number of benzene rings is 8. The third kappa shape index (κ3) is 6.19. The van der Waals surface area contributed by atoms with Crippen LogP contribution in [0.15, 0.2) is 133 Å². The number of rotatable bonds is 6. The minimum absolute atomic E-state index is 0.0753. The van der Waals surface area contributed by atoms with E-state index in [4.69, 9.17) is 0 Å². The topological polar surface area (TPSA) is 0 Å². The van der Waals surface area contributed by atoms with Gasteiger partial charge in [-0.15, -0.1) is 0 Å². The van der Waals surface area contributed by atoms with E-state index >= 15 is 0 Å². The second-order valence-corrected chi connectivity index (χ2v) is 19.6. The van der Waals surface area contributed by atoms with E-state index in [0.717, 1.165) is 0 Å². The Morgan fingerprint density at radius 2 is 0.524 bits per heavy atom. The molecule has 308 valence electrons. The van der Waals surface area contributed by atoms with Crippen LogP contribution < -0.4 is 32.8 Å². The Hall–Kier alpha value is -6.11. The zero-order valence-electron chi connectivity index (χ0n) is 39.4. The van der Waals surface area contributed by atoms with Gasteiger partial charge in [-0.2, -0.15) is 0 Å². The maximum absolute atomic E-state index is 2.61. The average molecular weight is 813 g/mol. The highest BCUT2D eigenvalue weighted by atomic mass is 14.5. The highest BCUT2D eigenvalue weighted by Gasteiger charge is 2.52. The van der Waals surface area contributed by atoms with Gasteiger partial charge in [-0.25, -0.2) is 0 Å². The molecule has 0 aromatic heterocycles. The Labute approximate surface area is 377 Å². The maximum Gasteiger partial charge on any atom is 0.242 e. The lowest BCUT2D eigenvalue weighted by atomic mass is 9.34. The molecular weight excluding hydrogens is 754 g/mol. The second-order valence-electron chi connectivity index (χ2n) is 19.6. The van der Waals surface area contributed by atoms with Gasteiger partial charge in [-0.1, -0.05) is 233 Å². The van der Waals surface area contributed by atoms with Crippen molar-refractivity contribution in [1.82, 2.24) is 0 Å². The lowest BCUT2D eigenvalue weighted by Crippen LogP contribution is -2.56. The van der Waals surface area contributed by atoms with E-state index in [9.17, 15) is 0 Å². The first kappa shape index (κ1) is 40.9. The fourth-order valence-corrected chi connectivity index (χ4v) is 13.1. The minimum atomic E-state index is -0.434. The summed E-state index contributed by atoms with van der Waals surface area (Å²) in [6.45, 7) is 27.6. The highest BCUT2D eigenvalue weighted by molar-refractivity contribution is 6.97. The summed E-state index contributed by atoms with van der Waals surface area (Å²) >= 11 is 0. The Morgan fingerprint density at radius 1 is 0.270 bits per heavy atom. The summed E-state index contributed by atoms with van der Waals surface area (Å²) < 4.78 is 0. The largest absolute Gasteiger partial charge is 0.242 e. The molecule has 0 fully saturated rings. The number of fused-ring (bicyclic) bond motifs is 10. The van der Waals surface area contributed by atoms with Crippen LogP contribution in [-0.2, 0) is 5.41 Å². The number of hydrogen-bond acceptors (Lipinski definition) is 0.